The molecule has 0 aromatic carbocycles. The van der Waals surface area contributed by atoms with Crippen molar-refractivity contribution in [2.75, 3.05) is 7.11 Å². The molecule has 0 saturated heterocycles. The van der Waals surface area contributed by atoms with E-state index < -0.39 is 24.3 Å². The van der Waals surface area contributed by atoms with E-state index in [1.807, 2.05) is 0 Å². The van der Waals surface area contributed by atoms with Gasteiger partial charge in [0.25, 0.3) is 0 Å². The molecule has 0 spiro atoms. The number of hydrogen-bond acceptors (Lipinski definition) is 3. The van der Waals surface area contributed by atoms with E-state index in [2.05, 4.69) is 26.8 Å². The number of aromatic nitrogens is 1. The summed E-state index contributed by atoms with van der Waals surface area (Å²) in [5.41, 5.74) is 5.87. The quantitative estimate of drug-likeness (QED) is 0.494. The second-order valence-corrected chi connectivity index (χ2v) is 19.8. The molecule has 0 aliphatic rings. The first-order valence-electron chi connectivity index (χ1n) is 9.39. The zero-order chi connectivity index (χ0) is 18.0. The summed E-state index contributed by atoms with van der Waals surface area (Å²) >= 11 is -2.67. The molecule has 0 aliphatic heterocycles. The van der Waals surface area contributed by atoms with Crippen molar-refractivity contribution in [3.63, 3.8) is 0 Å². The Kier molecular flexibility index (Phi) is 9.70. The summed E-state index contributed by atoms with van der Waals surface area (Å²) < 4.78 is 10.6. The minimum absolute atomic E-state index is 0.356. The first-order valence-corrected chi connectivity index (χ1v) is 16.9. The standard InChI is InChI=1S/C7H7N2O2.3C4H9.Sn/c1-11-5-2-3-9-6(4-5)7(8)10;3*1-3-4-2;/h2,4H,1H3,(H2,8,10);3*1,3-4H2,2H3;. The maximum atomic E-state index is 11.7. The number of primary amides is 1. The fourth-order valence-electron chi connectivity index (χ4n) is 3.33. The molecule has 5 heteroatoms. The molecule has 1 aromatic heterocycles. The predicted octanol–water partition coefficient (Wildman–Crippen LogP) is 4.25. The monoisotopic (exact) mass is 442 g/mol. The van der Waals surface area contributed by atoms with Gasteiger partial charge in [-0.1, -0.05) is 0 Å². The number of carbonyl (C=O) groups excluding carboxylic acids is 1. The van der Waals surface area contributed by atoms with Crippen LogP contribution >= 0.6 is 0 Å². The molecule has 1 amide bonds. The van der Waals surface area contributed by atoms with Crippen LogP contribution in [0.3, 0.4) is 0 Å². The van der Waals surface area contributed by atoms with Gasteiger partial charge in [0, 0.05) is 0 Å². The van der Waals surface area contributed by atoms with Crippen LogP contribution in [0.15, 0.2) is 12.1 Å². The van der Waals surface area contributed by atoms with Gasteiger partial charge in [0.05, 0.1) is 0 Å². The van der Waals surface area contributed by atoms with E-state index in [0.29, 0.717) is 5.69 Å². The summed E-state index contributed by atoms with van der Waals surface area (Å²) in [5, 5.41) is 0. The molecular formula is C19H34N2O2Sn. The number of methoxy groups -OCH3 is 1. The zero-order valence-electron chi connectivity index (χ0n) is 15.9. The maximum absolute atomic E-state index is 11.7. The molecule has 2 N–H and O–H groups in total. The van der Waals surface area contributed by atoms with Crippen LogP contribution in [0.1, 0.15) is 69.8 Å². The SMILES string of the molecule is CCC[CH2][Sn]([CH2]CCC)([CH2]CCC)[c]1cc(OC)cc(C(N)=O)n1. The number of hydrogen-bond donors (Lipinski definition) is 1. The van der Waals surface area contributed by atoms with Crippen LogP contribution in [0.2, 0.25) is 13.3 Å². The van der Waals surface area contributed by atoms with Crippen molar-refractivity contribution in [3.05, 3.63) is 17.8 Å². The van der Waals surface area contributed by atoms with Crippen LogP contribution in [0, 0.1) is 0 Å². The first-order chi connectivity index (χ1) is 11.5. The third-order valence-corrected chi connectivity index (χ3v) is 19.9. The number of nitrogens with zero attached hydrogens (tertiary/aromatic N) is 1. The molecule has 136 valence electrons. The average molecular weight is 441 g/mol. The molecule has 1 heterocycles. The molecule has 0 fully saturated rings. The predicted molar refractivity (Wildman–Crippen MR) is 104 cm³/mol. The first kappa shape index (κ1) is 21.3. The van der Waals surface area contributed by atoms with Gasteiger partial charge >= 0.3 is 152 Å². The summed E-state index contributed by atoms with van der Waals surface area (Å²) in [6, 6.07) is 3.77. The Hall–Kier alpha value is -0.781. The molecule has 4 nitrogen and oxygen atoms in total. The van der Waals surface area contributed by atoms with Crippen molar-refractivity contribution in [1.29, 1.82) is 0 Å². The van der Waals surface area contributed by atoms with Gasteiger partial charge in [-0.3, -0.25) is 0 Å². The third-order valence-electron chi connectivity index (χ3n) is 4.86. The van der Waals surface area contributed by atoms with E-state index in [0.717, 1.165) is 5.75 Å². The van der Waals surface area contributed by atoms with E-state index in [1.165, 1.54) is 55.5 Å². The van der Waals surface area contributed by atoms with Crippen LogP contribution in [0.5, 0.6) is 5.75 Å². The Morgan fingerprint density at radius 2 is 1.54 bits per heavy atom. The van der Waals surface area contributed by atoms with E-state index in [-0.39, 0.29) is 0 Å². The topological polar surface area (TPSA) is 65.2 Å². The van der Waals surface area contributed by atoms with Gasteiger partial charge in [-0.15, -0.1) is 0 Å². The van der Waals surface area contributed by atoms with Crippen molar-refractivity contribution in [2.24, 2.45) is 5.73 Å². The number of amides is 1. The van der Waals surface area contributed by atoms with Crippen molar-refractivity contribution in [1.82, 2.24) is 4.98 Å². The minimum atomic E-state index is -2.67. The van der Waals surface area contributed by atoms with Crippen molar-refractivity contribution in [3.8, 4) is 5.75 Å². The summed E-state index contributed by atoms with van der Waals surface area (Å²) in [6.45, 7) is 6.76. The molecule has 1 aromatic rings. The molecule has 0 saturated carbocycles. The molecule has 1 rings (SSSR count). The van der Waals surface area contributed by atoms with Crippen molar-refractivity contribution in [2.45, 2.75) is 72.6 Å². The van der Waals surface area contributed by atoms with Crippen LogP contribution in [-0.2, 0) is 0 Å². The number of rotatable bonds is 12. The van der Waals surface area contributed by atoms with Crippen LogP contribution in [0.4, 0.5) is 0 Å². The number of nitrogens with two attached hydrogens (primary N) is 1. The zero-order valence-corrected chi connectivity index (χ0v) is 18.7. The number of pyridine rings is 1. The van der Waals surface area contributed by atoms with Crippen molar-refractivity contribution < 1.29 is 9.53 Å². The number of carbonyl (C=O) groups is 1. The Morgan fingerprint density at radius 1 is 1.04 bits per heavy atom. The second kappa shape index (κ2) is 11.0. The average Bonchev–Trinajstić information content (AvgIpc) is 2.61. The van der Waals surface area contributed by atoms with Crippen LogP contribution in [0.25, 0.3) is 0 Å². The Morgan fingerprint density at radius 3 is 1.92 bits per heavy atom. The van der Waals surface area contributed by atoms with Gasteiger partial charge in [-0.25, -0.2) is 0 Å². The van der Waals surface area contributed by atoms with Gasteiger partial charge in [0.15, 0.2) is 0 Å². The molecule has 0 aliphatic carbocycles. The summed E-state index contributed by atoms with van der Waals surface area (Å²) in [6.07, 6.45) is 7.41. The normalized spacial score (nSPS) is 11.5. The fraction of sp³-hybridized carbons (Fsp3) is 0.684. The van der Waals surface area contributed by atoms with E-state index in [9.17, 15) is 4.79 Å². The van der Waals surface area contributed by atoms with E-state index in [4.69, 9.17) is 15.5 Å². The second-order valence-electron chi connectivity index (χ2n) is 6.73. The van der Waals surface area contributed by atoms with Gasteiger partial charge in [-0.2, -0.15) is 0 Å². The fourth-order valence-corrected chi connectivity index (χ4v) is 18.8. The molecule has 0 bridgehead atoms. The summed E-state index contributed by atoms with van der Waals surface area (Å²) in [7, 11) is 1.64. The molecule has 24 heavy (non-hydrogen) atoms. The van der Waals surface area contributed by atoms with Crippen molar-refractivity contribution >= 4 is 28.0 Å². The Bertz CT molecular complexity index is 498. The van der Waals surface area contributed by atoms with Crippen LogP contribution in [-0.4, -0.2) is 36.4 Å². The van der Waals surface area contributed by atoms with Gasteiger partial charge < -0.3 is 0 Å². The molecule has 0 atom stereocenters. The van der Waals surface area contributed by atoms with Gasteiger partial charge in [0.2, 0.25) is 0 Å². The third kappa shape index (κ3) is 5.94. The molecule has 0 radical (unpaired) electrons. The van der Waals surface area contributed by atoms with E-state index in [1.54, 1.807) is 13.2 Å². The summed E-state index contributed by atoms with van der Waals surface area (Å²) in [5.74, 6) is 0.260. The number of unbranched alkanes of at least 4 members (excludes halogenated alkanes) is 3. The number of ether oxygens (including phenoxy) is 1. The molecule has 0 unspecified atom stereocenters. The van der Waals surface area contributed by atoms with E-state index >= 15 is 0 Å². The Labute approximate surface area is 151 Å². The summed E-state index contributed by atoms with van der Waals surface area (Å²) in [4.78, 5) is 16.5. The van der Waals surface area contributed by atoms with Crippen LogP contribution < -0.4 is 14.2 Å². The Balaban J connectivity index is 3.37. The van der Waals surface area contributed by atoms with Gasteiger partial charge in [-0.05, 0) is 0 Å². The molecular weight excluding hydrogens is 407 g/mol. The van der Waals surface area contributed by atoms with Gasteiger partial charge in [0.1, 0.15) is 0 Å².